The molecule has 0 aliphatic carbocycles. The van der Waals surface area contributed by atoms with Gasteiger partial charge in [-0.1, -0.05) is 15.9 Å². The summed E-state index contributed by atoms with van der Waals surface area (Å²) >= 11 is 3.24. The van der Waals surface area contributed by atoms with E-state index in [0.29, 0.717) is 13.1 Å². The van der Waals surface area contributed by atoms with Gasteiger partial charge < -0.3 is 15.7 Å². The molecule has 1 aromatic rings. The Bertz CT molecular complexity index is 361. The van der Waals surface area contributed by atoms with E-state index in [2.05, 4.69) is 26.6 Å². The zero-order valence-electron chi connectivity index (χ0n) is 8.79. The Morgan fingerprint density at radius 1 is 1.44 bits per heavy atom. The third-order valence-electron chi connectivity index (χ3n) is 1.86. The van der Waals surface area contributed by atoms with Crippen molar-refractivity contribution in [3.63, 3.8) is 0 Å². The number of amides is 1. The summed E-state index contributed by atoms with van der Waals surface area (Å²) in [4.78, 5) is 11.6. The monoisotopic (exact) mass is 308 g/mol. The maximum Gasteiger partial charge on any atom is 0.255 e. The van der Waals surface area contributed by atoms with Crippen LogP contribution in [0.3, 0.4) is 0 Å². The van der Waals surface area contributed by atoms with Crippen LogP contribution in [0.4, 0.5) is 0 Å². The Kier molecular flexibility index (Phi) is 7.12. The molecule has 0 spiro atoms. The quantitative estimate of drug-likeness (QED) is 0.739. The molecule has 0 fully saturated rings. The molecule has 0 atom stereocenters. The van der Waals surface area contributed by atoms with Crippen molar-refractivity contribution in [2.24, 2.45) is 0 Å². The summed E-state index contributed by atoms with van der Waals surface area (Å²) in [6, 6.07) is 4.75. The number of aromatic hydroxyl groups is 1. The van der Waals surface area contributed by atoms with Crippen molar-refractivity contribution in [2.75, 3.05) is 20.1 Å². The average molecular weight is 310 g/mol. The molecule has 0 aliphatic heterocycles. The van der Waals surface area contributed by atoms with Crippen molar-refractivity contribution in [3.8, 4) is 5.75 Å². The Labute approximate surface area is 109 Å². The highest BCUT2D eigenvalue weighted by atomic mass is 79.9. The van der Waals surface area contributed by atoms with E-state index in [1.165, 1.54) is 6.07 Å². The SMILES string of the molecule is CNCCNC(=O)c1cc(Br)ccc1O.Cl. The second-order valence-corrected chi connectivity index (χ2v) is 3.94. The standard InChI is InChI=1S/C10H13BrN2O2.ClH/c1-12-4-5-13-10(15)8-6-7(11)2-3-9(8)14;/h2-3,6,12,14H,4-5H2,1H3,(H,13,15);1H. The van der Waals surface area contributed by atoms with Gasteiger partial charge >= 0.3 is 0 Å². The Morgan fingerprint density at radius 2 is 2.12 bits per heavy atom. The van der Waals surface area contributed by atoms with Crippen molar-refractivity contribution in [3.05, 3.63) is 28.2 Å². The summed E-state index contributed by atoms with van der Waals surface area (Å²) in [5.41, 5.74) is 0.278. The van der Waals surface area contributed by atoms with Crippen LogP contribution < -0.4 is 10.6 Å². The van der Waals surface area contributed by atoms with E-state index in [-0.39, 0.29) is 29.6 Å². The van der Waals surface area contributed by atoms with Crippen LogP contribution >= 0.6 is 28.3 Å². The van der Waals surface area contributed by atoms with Gasteiger partial charge in [0.1, 0.15) is 5.75 Å². The Hall–Kier alpha value is -0.780. The van der Waals surface area contributed by atoms with Gasteiger partial charge in [-0.15, -0.1) is 12.4 Å². The first-order chi connectivity index (χ1) is 7.15. The Balaban J connectivity index is 0.00000225. The van der Waals surface area contributed by atoms with Crippen LogP contribution in [0.15, 0.2) is 22.7 Å². The highest BCUT2D eigenvalue weighted by Crippen LogP contribution is 2.21. The lowest BCUT2D eigenvalue weighted by Gasteiger charge is -2.06. The lowest BCUT2D eigenvalue weighted by atomic mass is 10.2. The van der Waals surface area contributed by atoms with Gasteiger partial charge in [-0.25, -0.2) is 0 Å². The average Bonchev–Trinajstić information content (AvgIpc) is 2.22. The normalized spacial score (nSPS) is 9.38. The minimum atomic E-state index is -0.274. The number of likely N-dealkylation sites (N-methyl/N-ethyl adjacent to an activating group) is 1. The molecule has 6 heteroatoms. The molecule has 90 valence electrons. The smallest absolute Gasteiger partial charge is 0.255 e. The molecular weight excluding hydrogens is 295 g/mol. The molecule has 1 aromatic carbocycles. The summed E-state index contributed by atoms with van der Waals surface area (Å²) in [7, 11) is 1.81. The number of hydrogen-bond acceptors (Lipinski definition) is 3. The molecule has 1 amide bonds. The van der Waals surface area contributed by atoms with Gasteiger partial charge in [-0.3, -0.25) is 4.79 Å². The lowest BCUT2D eigenvalue weighted by molar-refractivity contribution is 0.0951. The molecule has 3 N–H and O–H groups in total. The molecule has 16 heavy (non-hydrogen) atoms. The fourth-order valence-corrected chi connectivity index (χ4v) is 1.45. The van der Waals surface area contributed by atoms with Crippen LogP contribution in [0.2, 0.25) is 0 Å². The van der Waals surface area contributed by atoms with E-state index < -0.39 is 0 Å². The second kappa shape index (κ2) is 7.49. The van der Waals surface area contributed by atoms with E-state index in [1.54, 1.807) is 12.1 Å². The summed E-state index contributed by atoms with van der Waals surface area (Å²) in [5.74, 6) is -0.288. The van der Waals surface area contributed by atoms with Crippen molar-refractivity contribution < 1.29 is 9.90 Å². The van der Waals surface area contributed by atoms with Gasteiger partial charge in [0.2, 0.25) is 0 Å². The molecule has 0 bridgehead atoms. The molecule has 0 unspecified atom stereocenters. The number of phenols is 1. The zero-order chi connectivity index (χ0) is 11.3. The first-order valence-corrected chi connectivity index (χ1v) is 5.35. The molecule has 0 saturated heterocycles. The first kappa shape index (κ1) is 15.2. The maximum atomic E-state index is 11.6. The first-order valence-electron chi connectivity index (χ1n) is 4.56. The molecule has 0 aliphatic rings. The summed E-state index contributed by atoms with van der Waals surface area (Å²) in [6.45, 7) is 1.22. The minimum absolute atomic E-state index is 0. The predicted molar refractivity (Wildman–Crippen MR) is 69.3 cm³/mol. The number of hydrogen-bond donors (Lipinski definition) is 3. The summed E-state index contributed by atoms with van der Waals surface area (Å²) in [6.07, 6.45) is 0. The molecule has 0 radical (unpaired) electrons. The van der Waals surface area contributed by atoms with Crippen LogP contribution in [-0.2, 0) is 0 Å². The van der Waals surface area contributed by atoms with Crippen molar-refractivity contribution >= 4 is 34.2 Å². The van der Waals surface area contributed by atoms with Gasteiger partial charge in [0.25, 0.3) is 5.91 Å². The van der Waals surface area contributed by atoms with Crippen LogP contribution in [0.25, 0.3) is 0 Å². The molecule has 1 rings (SSSR count). The second-order valence-electron chi connectivity index (χ2n) is 3.02. The maximum absolute atomic E-state index is 11.6. The third kappa shape index (κ3) is 4.38. The van der Waals surface area contributed by atoms with Gasteiger partial charge in [0.15, 0.2) is 0 Å². The zero-order valence-corrected chi connectivity index (χ0v) is 11.2. The number of rotatable bonds is 4. The van der Waals surface area contributed by atoms with E-state index >= 15 is 0 Å². The van der Waals surface area contributed by atoms with Crippen LogP contribution in [0.5, 0.6) is 5.75 Å². The Morgan fingerprint density at radius 3 is 2.75 bits per heavy atom. The van der Waals surface area contributed by atoms with Gasteiger partial charge in [0.05, 0.1) is 5.56 Å². The highest BCUT2D eigenvalue weighted by Gasteiger charge is 2.10. The number of nitrogens with one attached hydrogen (secondary N) is 2. The number of benzene rings is 1. The van der Waals surface area contributed by atoms with Gasteiger partial charge in [0, 0.05) is 17.6 Å². The van der Waals surface area contributed by atoms with Crippen LogP contribution in [-0.4, -0.2) is 31.2 Å². The fourth-order valence-electron chi connectivity index (χ4n) is 1.09. The number of halogens is 2. The van der Waals surface area contributed by atoms with Crippen molar-refractivity contribution in [2.45, 2.75) is 0 Å². The summed E-state index contributed by atoms with van der Waals surface area (Å²) in [5, 5.41) is 15.1. The van der Waals surface area contributed by atoms with Crippen molar-refractivity contribution in [1.29, 1.82) is 0 Å². The minimum Gasteiger partial charge on any atom is -0.507 e. The molecule has 0 heterocycles. The van der Waals surface area contributed by atoms with Crippen LogP contribution in [0, 0.1) is 0 Å². The molecule has 0 aromatic heterocycles. The topological polar surface area (TPSA) is 61.4 Å². The third-order valence-corrected chi connectivity index (χ3v) is 2.36. The van der Waals surface area contributed by atoms with Gasteiger partial charge in [-0.05, 0) is 25.2 Å². The number of carbonyl (C=O) groups is 1. The molecule has 0 saturated carbocycles. The van der Waals surface area contributed by atoms with Gasteiger partial charge in [-0.2, -0.15) is 0 Å². The molecule has 4 nitrogen and oxygen atoms in total. The van der Waals surface area contributed by atoms with E-state index in [0.717, 1.165) is 4.47 Å². The largest absolute Gasteiger partial charge is 0.507 e. The highest BCUT2D eigenvalue weighted by molar-refractivity contribution is 9.10. The van der Waals surface area contributed by atoms with Crippen LogP contribution in [0.1, 0.15) is 10.4 Å². The summed E-state index contributed by atoms with van der Waals surface area (Å²) < 4.78 is 0.763. The van der Waals surface area contributed by atoms with E-state index in [1.807, 2.05) is 7.05 Å². The predicted octanol–water partition coefficient (Wildman–Crippen LogP) is 1.53. The fraction of sp³-hybridized carbons (Fsp3) is 0.300. The van der Waals surface area contributed by atoms with E-state index in [9.17, 15) is 9.90 Å². The lowest BCUT2D eigenvalue weighted by Crippen LogP contribution is -2.30. The molecular formula is C10H14BrClN2O2. The van der Waals surface area contributed by atoms with E-state index in [4.69, 9.17) is 0 Å². The van der Waals surface area contributed by atoms with Crippen molar-refractivity contribution in [1.82, 2.24) is 10.6 Å². The number of carbonyl (C=O) groups excluding carboxylic acids is 1. The number of phenolic OH excluding ortho intramolecular Hbond substituents is 1.